The van der Waals surface area contributed by atoms with E-state index in [-0.39, 0.29) is 10.8 Å². The molecule has 0 radical (unpaired) electrons. The molecule has 9 heteroatoms. The Kier molecular flexibility index (Phi) is 7.45. The first kappa shape index (κ1) is 20.5. The fraction of sp³-hybridized carbons (Fsp3) is 0.167. The zero-order valence-corrected chi connectivity index (χ0v) is 16.0. The molecule has 0 saturated carbocycles. The molecule has 1 heterocycles. The predicted molar refractivity (Wildman–Crippen MR) is 102 cm³/mol. The van der Waals surface area contributed by atoms with E-state index in [1.165, 1.54) is 31.5 Å². The van der Waals surface area contributed by atoms with Gasteiger partial charge in [0.1, 0.15) is 11.5 Å². The number of aromatic nitrogens is 1. The first-order valence-electron chi connectivity index (χ1n) is 7.60. The fourth-order valence-electron chi connectivity index (χ4n) is 1.97. The van der Waals surface area contributed by atoms with Crippen LogP contribution in [0.3, 0.4) is 0 Å². The second kappa shape index (κ2) is 9.80. The summed E-state index contributed by atoms with van der Waals surface area (Å²) in [4.78, 5) is 27.5. The van der Waals surface area contributed by atoms with Crippen molar-refractivity contribution in [2.45, 2.75) is 0 Å². The van der Waals surface area contributed by atoms with Crippen molar-refractivity contribution in [3.8, 4) is 11.5 Å². The molecular formula is C18H16Cl2N2O5. The number of hydrogen-bond acceptors (Lipinski definition) is 6. The number of nitrogens with one attached hydrogen (secondary N) is 1. The molecule has 27 heavy (non-hydrogen) atoms. The van der Waals surface area contributed by atoms with Gasteiger partial charge in [-0.2, -0.15) is 0 Å². The molecule has 0 bridgehead atoms. The lowest BCUT2D eigenvalue weighted by atomic mass is 10.2. The van der Waals surface area contributed by atoms with Gasteiger partial charge in [-0.15, -0.1) is 0 Å². The number of halogens is 2. The highest BCUT2D eigenvalue weighted by atomic mass is 35.5. The standard InChI is InChI=1S/C18H16Cl2N2O5/c1-25-13-5-3-11(15(8-13)26-2)4-6-17(24)27-10-16(23)22-18-14(20)7-12(19)9-21-18/h3-9H,10H2,1-2H3,(H,21,22,23)/b6-4+. The Bertz CT molecular complexity index is 871. The van der Waals surface area contributed by atoms with Gasteiger partial charge in [0.2, 0.25) is 0 Å². The molecule has 0 unspecified atom stereocenters. The normalized spacial score (nSPS) is 10.5. The van der Waals surface area contributed by atoms with E-state index in [0.717, 1.165) is 0 Å². The summed E-state index contributed by atoms with van der Waals surface area (Å²) in [5.74, 6) is -0.00775. The van der Waals surface area contributed by atoms with Gasteiger partial charge in [0.05, 0.1) is 24.3 Å². The maximum Gasteiger partial charge on any atom is 0.331 e. The lowest BCUT2D eigenvalue weighted by Gasteiger charge is -2.07. The van der Waals surface area contributed by atoms with E-state index >= 15 is 0 Å². The molecule has 0 spiro atoms. The molecule has 2 aromatic rings. The van der Waals surface area contributed by atoms with E-state index in [2.05, 4.69) is 10.3 Å². The number of anilines is 1. The largest absolute Gasteiger partial charge is 0.497 e. The van der Waals surface area contributed by atoms with E-state index in [1.54, 1.807) is 25.3 Å². The molecule has 1 aromatic carbocycles. The molecule has 0 aliphatic heterocycles. The third-order valence-electron chi connectivity index (χ3n) is 3.25. The Morgan fingerprint density at radius 2 is 1.96 bits per heavy atom. The first-order valence-corrected chi connectivity index (χ1v) is 8.36. The van der Waals surface area contributed by atoms with Crippen LogP contribution < -0.4 is 14.8 Å². The lowest BCUT2D eigenvalue weighted by molar-refractivity contribution is -0.142. The Hall–Kier alpha value is -2.77. The third-order valence-corrected chi connectivity index (χ3v) is 3.75. The number of nitrogens with zero attached hydrogens (tertiary/aromatic N) is 1. The van der Waals surface area contributed by atoms with Gasteiger partial charge in [0.25, 0.3) is 5.91 Å². The number of amides is 1. The molecule has 0 aliphatic rings. The molecular weight excluding hydrogens is 395 g/mol. The zero-order chi connectivity index (χ0) is 19.8. The molecule has 0 fully saturated rings. The minimum absolute atomic E-state index is 0.126. The maximum absolute atomic E-state index is 11.8. The van der Waals surface area contributed by atoms with Crippen LogP contribution in [0.25, 0.3) is 6.08 Å². The summed E-state index contributed by atoms with van der Waals surface area (Å²) < 4.78 is 15.2. The molecule has 0 saturated heterocycles. The maximum atomic E-state index is 11.8. The van der Waals surface area contributed by atoms with Crippen molar-refractivity contribution in [2.75, 3.05) is 26.1 Å². The molecule has 1 N–H and O–H groups in total. The summed E-state index contributed by atoms with van der Waals surface area (Å²) in [7, 11) is 3.05. The highest BCUT2D eigenvalue weighted by Crippen LogP contribution is 2.25. The van der Waals surface area contributed by atoms with Crippen LogP contribution in [0.15, 0.2) is 36.5 Å². The summed E-state index contributed by atoms with van der Waals surface area (Å²) in [6.45, 7) is -0.496. The average Bonchev–Trinajstić information content (AvgIpc) is 2.66. The second-order valence-corrected chi connectivity index (χ2v) is 5.92. The summed E-state index contributed by atoms with van der Waals surface area (Å²) >= 11 is 11.6. The monoisotopic (exact) mass is 410 g/mol. The van der Waals surface area contributed by atoms with Crippen LogP contribution in [-0.4, -0.2) is 37.7 Å². The van der Waals surface area contributed by atoms with Gasteiger partial charge < -0.3 is 19.5 Å². The number of esters is 1. The van der Waals surface area contributed by atoms with Crippen LogP contribution in [0.1, 0.15) is 5.56 Å². The minimum atomic E-state index is -0.696. The Morgan fingerprint density at radius 3 is 2.63 bits per heavy atom. The minimum Gasteiger partial charge on any atom is -0.497 e. The molecule has 142 valence electrons. The van der Waals surface area contributed by atoms with Crippen molar-refractivity contribution in [1.29, 1.82) is 0 Å². The van der Waals surface area contributed by atoms with Gasteiger partial charge in [-0.05, 0) is 24.3 Å². The zero-order valence-electron chi connectivity index (χ0n) is 14.5. The molecule has 0 atom stereocenters. The van der Waals surface area contributed by atoms with E-state index in [0.29, 0.717) is 22.1 Å². The smallest absolute Gasteiger partial charge is 0.331 e. The first-order chi connectivity index (χ1) is 12.9. The molecule has 1 amide bonds. The van der Waals surface area contributed by atoms with Gasteiger partial charge in [-0.25, -0.2) is 9.78 Å². The number of benzene rings is 1. The summed E-state index contributed by atoms with van der Waals surface area (Å²) in [6.07, 6.45) is 4.03. The second-order valence-electron chi connectivity index (χ2n) is 5.08. The summed E-state index contributed by atoms with van der Waals surface area (Å²) in [6, 6.07) is 6.57. The van der Waals surface area contributed by atoms with Gasteiger partial charge >= 0.3 is 5.97 Å². The fourth-order valence-corrected chi connectivity index (χ4v) is 2.40. The Balaban J connectivity index is 1.90. The molecule has 2 rings (SSSR count). The van der Waals surface area contributed by atoms with E-state index in [9.17, 15) is 9.59 Å². The number of carbonyl (C=O) groups is 2. The van der Waals surface area contributed by atoms with Gasteiger partial charge in [-0.1, -0.05) is 23.2 Å². The van der Waals surface area contributed by atoms with Crippen LogP contribution in [0.2, 0.25) is 10.0 Å². The van der Waals surface area contributed by atoms with Gasteiger partial charge in [0.15, 0.2) is 12.4 Å². The Labute approximate surface area is 165 Å². The van der Waals surface area contributed by atoms with Crippen molar-refractivity contribution < 1.29 is 23.8 Å². The number of hydrogen-bond donors (Lipinski definition) is 1. The Morgan fingerprint density at radius 1 is 1.19 bits per heavy atom. The van der Waals surface area contributed by atoms with Crippen LogP contribution in [0.4, 0.5) is 5.82 Å². The predicted octanol–water partition coefficient (Wildman–Crippen LogP) is 3.60. The number of rotatable bonds is 7. The van der Waals surface area contributed by atoms with E-state index in [1.807, 2.05) is 0 Å². The summed E-state index contributed by atoms with van der Waals surface area (Å²) in [5, 5.41) is 2.93. The molecule has 0 aliphatic carbocycles. The van der Waals surface area contributed by atoms with Gasteiger partial charge in [0, 0.05) is 23.9 Å². The summed E-state index contributed by atoms with van der Waals surface area (Å²) in [5.41, 5.74) is 0.650. The number of carbonyl (C=O) groups excluding carboxylic acids is 2. The van der Waals surface area contributed by atoms with Crippen LogP contribution in [-0.2, 0) is 14.3 Å². The number of methoxy groups -OCH3 is 2. The van der Waals surface area contributed by atoms with Crippen molar-refractivity contribution in [3.05, 3.63) is 52.1 Å². The van der Waals surface area contributed by atoms with Gasteiger partial charge in [-0.3, -0.25) is 4.79 Å². The van der Waals surface area contributed by atoms with E-state index in [4.69, 9.17) is 37.4 Å². The highest BCUT2D eigenvalue weighted by Gasteiger charge is 2.10. The van der Waals surface area contributed by atoms with Crippen LogP contribution in [0, 0.1) is 0 Å². The van der Waals surface area contributed by atoms with Crippen LogP contribution in [0.5, 0.6) is 11.5 Å². The van der Waals surface area contributed by atoms with Crippen LogP contribution >= 0.6 is 23.2 Å². The topological polar surface area (TPSA) is 86.8 Å². The quantitative estimate of drug-likeness (QED) is 0.554. The van der Waals surface area contributed by atoms with Crippen molar-refractivity contribution >= 4 is 47.0 Å². The number of pyridine rings is 1. The molecule has 7 nitrogen and oxygen atoms in total. The van der Waals surface area contributed by atoms with Crippen molar-refractivity contribution in [3.63, 3.8) is 0 Å². The lowest BCUT2D eigenvalue weighted by Crippen LogP contribution is -2.20. The van der Waals surface area contributed by atoms with Crippen molar-refractivity contribution in [1.82, 2.24) is 4.98 Å². The number of ether oxygens (including phenoxy) is 3. The van der Waals surface area contributed by atoms with E-state index < -0.39 is 18.5 Å². The SMILES string of the molecule is COc1ccc(/C=C/C(=O)OCC(=O)Nc2ncc(Cl)cc2Cl)c(OC)c1. The van der Waals surface area contributed by atoms with Crippen molar-refractivity contribution in [2.24, 2.45) is 0 Å². The highest BCUT2D eigenvalue weighted by molar-refractivity contribution is 6.36. The average molecular weight is 411 g/mol. The third kappa shape index (κ3) is 6.16. The molecule has 1 aromatic heterocycles.